The third-order valence-electron chi connectivity index (χ3n) is 7.03. The summed E-state index contributed by atoms with van der Waals surface area (Å²) in [5.74, 6) is 0. The minimum absolute atomic E-state index is 0.0664. The van der Waals surface area contributed by atoms with Crippen LogP contribution in [0.25, 0.3) is 0 Å². The van der Waals surface area contributed by atoms with Crippen LogP contribution in [0.3, 0.4) is 0 Å². The lowest BCUT2D eigenvalue weighted by Crippen LogP contribution is -2.15. The molecular formula is C56H105N. The second kappa shape index (κ2) is 64.5. The Morgan fingerprint density at radius 3 is 1.65 bits per heavy atom. The molecule has 1 heteroatoms. The van der Waals surface area contributed by atoms with Gasteiger partial charge in [0.25, 0.3) is 0 Å². The van der Waals surface area contributed by atoms with Crippen LogP contribution in [0.1, 0.15) is 192 Å². The number of hydrogen-bond acceptors (Lipinski definition) is 1. The molecule has 2 aliphatic rings. The van der Waals surface area contributed by atoms with Crippen molar-refractivity contribution >= 4 is 0 Å². The maximum atomic E-state index is 5.91. The van der Waals surface area contributed by atoms with E-state index in [-0.39, 0.29) is 11.5 Å². The molecule has 334 valence electrons. The van der Waals surface area contributed by atoms with E-state index in [1.807, 2.05) is 186 Å². The van der Waals surface area contributed by atoms with Crippen molar-refractivity contribution in [2.75, 3.05) is 0 Å². The third-order valence-corrected chi connectivity index (χ3v) is 7.03. The maximum Gasteiger partial charge on any atom is 0.0416 e. The van der Waals surface area contributed by atoms with Gasteiger partial charge in [-0.1, -0.05) is 267 Å². The summed E-state index contributed by atoms with van der Waals surface area (Å²) in [4.78, 5) is 0. The van der Waals surface area contributed by atoms with Crippen molar-refractivity contribution in [1.82, 2.24) is 0 Å². The fourth-order valence-corrected chi connectivity index (χ4v) is 4.50. The van der Waals surface area contributed by atoms with Crippen LogP contribution in [-0.2, 0) is 0 Å². The molecule has 0 aromatic rings. The summed E-state index contributed by atoms with van der Waals surface area (Å²) in [5.41, 5.74) is 15.7. The van der Waals surface area contributed by atoms with Gasteiger partial charge in [-0.2, -0.15) is 0 Å². The van der Waals surface area contributed by atoms with E-state index in [0.29, 0.717) is 0 Å². The van der Waals surface area contributed by atoms with Crippen LogP contribution in [0.5, 0.6) is 0 Å². The summed E-state index contributed by atoms with van der Waals surface area (Å²) in [6, 6.07) is -0.0664. The van der Waals surface area contributed by atoms with Crippen LogP contribution in [0, 0.1) is 5.41 Å². The normalized spacial score (nSPS) is 13.6. The highest BCUT2D eigenvalue weighted by atomic mass is 14.6. The second-order valence-electron chi connectivity index (χ2n) is 10.3. The Kier molecular flexibility index (Phi) is 84.3. The lowest BCUT2D eigenvalue weighted by atomic mass is 9.76. The standard InChI is InChI=1S/C20H26.C18H25N.9C2H6/c1-7-8-10-14(2)19-15(3)13-16(4)20(5,6)18-12-9-11-17(18)19;1-4-7-9-11-15-18(19)16-12-14-17(6-3)13-10-8-5-2;9*1-2/h7-9,12-13H,2,10-11H2,1,3-6H3;4-5,7-16,18H,1,6,19H2,2-3H3;9*1-2H3/b8-7-;8-5-,9-7-,13-10-,15-11?,16-12+,17-14+;;;;;;;;;. The lowest BCUT2D eigenvalue weighted by molar-refractivity contribution is 0.550. The first kappa shape index (κ1) is 74.5. The van der Waals surface area contributed by atoms with E-state index in [0.717, 1.165) is 19.3 Å². The molecule has 1 unspecified atom stereocenters. The van der Waals surface area contributed by atoms with Gasteiger partial charge in [0, 0.05) is 11.5 Å². The van der Waals surface area contributed by atoms with E-state index >= 15 is 0 Å². The third kappa shape index (κ3) is 40.6. The van der Waals surface area contributed by atoms with Gasteiger partial charge in [-0.05, 0) is 80.4 Å². The van der Waals surface area contributed by atoms with Gasteiger partial charge in [0.15, 0.2) is 0 Å². The predicted molar refractivity (Wildman–Crippen MR) is 280 cm³/mol. The van der Waals surface area contributed by atoms with Crippen molar-refractivity contribution in [1.29, 1.82) is 0 Å². The molecule has 57 heavy (non-hydrogen) atoms. The SMILES string of the molecule is C=C(C/C=C\C)C1=C(C)C=C(C)C(C)(C)C2=C1CC=C2.C=C/C=C\C=CC(N)/C=C/C=C(/C=C\C=C/C)CC.CC.CC.CC.CC.CC.CC.CC.CC.CC. The Morgan fingerprint density at radius 1 is 0.719 bits per heavy atom. The molecule has 0 bridgehead atoms. The van der Waals surface area contributed by atoms with Gasteiger partial charge in [-0.15, -0.1) is 0 Å². The monoisotopic (exact) mass is 792 g/mol. The molecule has 0 spiro atoms. The van der Waals surface area contributed by atoms with E-state index in [1.165, 1.54) is 39.0 Å². The fraction of sp³-hybridized carbons (Fsp3) is 0.536. The summed E-state index contributed by atoms with van der Waals surface area (Å²) in [6.45, 7) is 59.3. The molecule has 2 aliphatic carbocycles. The molecule has 2 N–H and O–H groups in total. The van der Waals surface area contributed by atoms with Gasteiger partial charge in [-0.3, -0.25) is 0 Å². The first-order valence-corrected chi connectivity index (χ1v) is 23.1. The maximum absolute atomic E-state index is 5.91. The highest BCUT2D eigenvalue weighted by Crippen LogP contribution is 2.47. The molecular weight excluding hydrogens is 687 g/mol. The van der Waals surface area contributed by atoms with Crippen molar-refractivity contribution in [2.24, 2.45) is 11.1 Å². The number of rotatable bonds is 11. The summed E-state index contributed by atoms with van der Waals surface area (Å²) in [7, 11) is 0. The predicted octanol–water partition coefficient (Wildman–Crippen LogP) is 19.9. The van der Waals surface area contributed by atoms with E-state index in [1.54, 1.807) is 6.08 Å². The molecule has 0 fully saturated rings. The molecule has 0 amide bonds. The van der Waals surface area contributed by atoms with Crippen LogP contribution in [0.4, 0.5) is 0 Å². The number of allylic oxidation sites excluding steroid dienone is 22. The molecule has 0 saturated carbocycles. The zero-order valence-electron chi connectivity index (χ0n) is 43.5. The van der Waals surface area contributed by atoms with E-state index in [4.69, 9.17) is 5.73 Å². The van der Waals surface area contributed by atoms with E-state index in [9.17, 15) is 0 Å². The Morgan fingerprint density at radius 2 is 1.21 bits per heavy atom. The van der Waals surface area contributed by atoms with E-state index < -0.39 is 0 Å². The summed E-state index contributed by atoms with van der Waals surface area (Å²) >= 11 is 0. The van der Waals surface area contributed by atoms with Gasteiger partial charge >= 0.3 is 0 Å². The topological polar surface area (TPSA) is 26.0 Å². The Labute approximate surface area is 363 Å². The van der Waals surface area contributed by atoms with E-state index in [2.05, 4.69) is 97.2 Å². The first-order valence-electron chi connectivity index (χ1n) is 23.1. The highest BCUT2D eigenvalue weighted by molar-refractivity contribution is 5.62. The quantitative estimate of drug-likeness (QED) is 0.164. The van der Waals surface area contributed by atoms with Crippen LogP contribution in [0.15, 0.2) is 155 Å². The minimum Gasteiger partial charge on any atom is -0.321 e. The molecule has 0 radical (unpaired) electrons. The molecule has 0 heterocycles. The van der Waals surface area contributed by atoms with Crippen molar-refractivity contribution in [3.8, 4) is 0 Å². The Balaban J connectivity index is -0.0000000826. The van der Waals surface area contributed by atoms with Crippen LogP contribution < -0.4 is 5.73 Å². The molecule has 1 atom stereocenters. The minimum atomic E-state index is -0.0664. The second-order valence-corrected chi connectivity index (χ2v) is 10.3. The van der Waals surface area contributed by atoms with Crippen molar-refractivity contribution in [3.05, 3.63) is 155 Å². The molecule has 0 aromatic carbocycles. The molecule has 0 aromatic heterocycles. The molecule has 0 saturated heterocycles. The average molecular weight is 792 g/mol. The average Bonchev–Trinajstić information content (AvgIpc) is 3.76. The summed E-state index contributed by atoms with van der Waals surface area (Å²) in [5, 5.41) is 0. The van der Waals surface area contributed by atoms with Crippen molar-refractivity contribution < 1.29 is 0 Å². The van der Waals surface area contributed by atoms with Crippen LogP contribution in [0.2, 0.25) is 0 Å². The smallest absolute Gasteiger partial charge is 0.0416 e. The largest absolute Gasteiger partial charge is 0.321 e. The van der Waals surface area contributed by atoms with Crippen molar-refractivity contribution in [3.63, 3.8) is 0 Å². The van der Waals surface area contributed by atoms with Crippen molar-refractivity contribution in [2.45, 2.75) is 198 Å². The van der Waals surface area contributed by atoms with Gasteiger partial charge < -0.3 is 5.73 Å². The van der Waals surface area contributed by atoms with Gasteiger partial charge in [-0.25, -0.2) is 0 Å². The van der Waals surface area contributed by atoms with Gasteiger partial charge in [0.05, 0.1) is 0 Å². The molecule has 1 nitrogen and oxygen atoms in total. The van der Waals surface area contributed by atoms with Crippen LogP contribution in [-0.4, -0.2) is 6.04 Å². The Bertz CT molecular complexity index is 1170. The van der Waals surface area contributed by atoms with Gasteiger partial charge in [0.1, 0.15) is 0 Å². The zero-order chi connectivity index (χ0) is 47.3. The number of hydrogen-bond donors (Lipinski definition) is 1. The summed E-state index contributed by atoms with van der Waals surface area (Å²) in [6.07, 6.45) is 37.9. The molecule has 2 rings (SSSR count). The van der Waals surface area contributed by atoms with Gasteiger partial charge in [0.2, 0.25) is 0 Å². The summed E-state index contributed by atoms with van der Waals surface area (Å²) < 4.78 is 0. The zero-order valence-corrected chi connectivity index (χ0v) is 43.5. The van der Waals surface area contributed by atoms with Crippen LogP contribution >= 0.6 is 0 Å². The first-order chi connectivity index (χ1) is 27.6. The number of nitrogens with two attached hydrogens (primary N) is 1. The molecule has 0 aliphatic heterocycles. The fourth-order valence-electron chi connectivity index (χ4n) is 4.50. The highest BCUT2D eigenvalue weighted by Gasteiger charge is 2.32. The lowest BCUT2D eigenvalue weighted by Gasteiger charge is -2.27. The Hall–Kier alpha value is -3.42.